The van der Waals surface area contributed by atoms with Gasteiger partial charge in [-0.3, -0.25) is 4.79 Å². The normalized spacial score (nSPS) is 10.7. The number of hydrogen-bond acceptors (Lipinski definition) is 6. The van der Waals surface area contributed by atoms with Crippen LogP contribution in [0, 0.1) is 0 Å². The topological polar surface area (TPSA) is 72.4 Å². The molecule has 6 nitrogen and oxygen atoms in total. The summed E-state index contributed by atoms with van der Waals surface area (Å²) in [6.07, 6.45) is 1.59. The minimum absolute atomic E-state index is 0.0362. The van der Waals surface area contributed by atoms with Gasteiger partial charge in [-0.05, 0) is 24.3 Å². The van der Waals surface area contributed by atoms with Gasteiger partial charge in [-0.2, -0.15) is 0 Å². The van der Waals surface area contributed by atoms with Crippen molar-refractivity contribution in [3.63, 3.8) is 0 Å². The van der Waals surface area contributed by atoms with Crippen LogP contribution in [0.3, 0.4) is 0 Å². The summed E-state index contributed by atoms with van der Waals surface area (Å²) >= 11 is 1.22. The SMILES string of the molecule is CN(Cc1ccco1)C(=O)CSc1nnc(-c2ccccc2)o1. The maximum absolute atomic E-state index is 12.1. The van der Waals surface area contributed by atoms with Gasteiger partial charge < -0.3 is 13.7 Å². The summed E-state index contributed by atoms with van der Waals surface area (Å²) in [5, 5.41) is 8.33. The second-order valence-electron chi connectivity index (χ2n) is 4.86. The molecule has 0 fully saturated rings. The van der Waals surface area contributed by atoms with Crippen molar-refractivity contribution in [1.82, 2.24) is 15.1 Å². The maximum atomic E-state index is 12.1. The van der Waals surface area contributed by atoms with Crippen LogP contribution in [-0.4, -0.2) is 33.8 Å². The third-order valence-electron chi connectivity index (χ3n) is 3.15. The number of benzene rings is 1. The van der Waals surface area contributed by atoms with Crippen LogP contribution in [0.15, 0.2) is 62.8 Å². The Bertz CT molecular complexity index is 756. The molecule has 0 radical (unpaired) electrons. The van der Waals surface area contributed by atoms with Crippen molar-refractivity contribution in [2.45, 2.75) is 11.8 Å². The molecule has 0 bridgehead atoms. The van der Waals surface area contributed by atoms with E-state index in [1.807, 2.05) is 36.4 Å². The van der Waals surface area contributed by atoms with Crippen molar-refractivity contribution in [3.8, 4) is 11.5 Å². The molecule has 3 rings (SSSR count). The molecule has 118 valence electrons. The molecule has 0 aliphatic rings. The van der Waals surface area contributed by atoms with Gasteiger partial charge in [0.25, 0.3) is 5.22 Å². The van der Waals surface area contributed by atoms with E-state index in [-0.39, 0.29) is 11.7 Å². The Morgan fingerprint density at radius 3 is 2.74 bits per heavy atom. The average molecular weight is 329 g/mol. The van der Waals surface area contributed by atoms with Gasteiger partial charge in [0, 0.05) is 12.6 Å². The molecule has 0 saturated carbocycles. The summed E-state index contributed by atoms with van der Waals surface area (Å²) in [7, 11) is 1.73. The van der Waals surface area contributed by atoms with E-state index in [0.29, 0.717) is 17.7 Å². The minimum atomic E-state index is -0.0362. The largest absolute Gasteiger partial charge is 0.467 e. The summed E-state index contributed by atoms with van der Waals surface area (Å²) in [6, 6.07) is 13.1. The third-order valence-corrected chi connectivity index (χ3v) is 3.95. The molecule has 0 N–H and O–H groups in total. The lowest BCUT2D eigenvalue weighted by Gasteiger charge is -2.14. The number of hydrogen-bond donors (Lipinski definition) is 0. The molecule has 2 aromatic heterocycles. The number of amides is 1. The van der Waals surface area contributed by atoms with Crippen LogP contribution < -0.4 is 0 Å². The summed E-state index contributed by atoms with van der Waals surface area (Å²) in [4.78, 5) is 13.7. The number of furan rings is 1. The fourth-order valence-electron chi connectivity index (χ4n) is 1.92. The monoisotopic (exact) mass is 329 g/mol. The lowest BCUT2D eigenvalue weighted by atomic mass is 10.2. The lowest BCUT2D eigenvalue weighted by molar-refractivity contribution is -0.127. The molecule has 0 atom stereocenters. The predicted octanol–water partition coefficient (Wildman–Crippen LogP) is 3.08. The van der Waals surface area contributed by atoms with Crippen LogP contribution in [-0.2, 0) is 11.3 Å². The van der Waals surface area contributed by atoms with E-state index in [9.17, 15) is 4.79 Å². The van der Waals surface area contributed by atoms with E-state index in [0.717, 1.165) is 11.3 Å². The highest BCUT2D eigenvalue weighted by Crippen LogP contribution is 2.23. The zero-order valence-corrected chi connectivity index (χ0v) is 13.3. The first-order valence-corrected chi connectivity index (χ1v) is 7.99. The maximum Gasteiger partial charge on any atom is 0.277 e. The van der Waals surface area contributed by atoms with Gasteiger partial charge in [0.05, 0.1) is 18.6 Å². The van der Waals surface area contributed by atoms with Gasteiger partial charge in [-0.15, -0.1) is 10.2 Å². The number of aromatic nitrogens is 2. The Labute approximate surface area is 137 Å². The van der Waals surface area contributed by atoms with E-state index in [1.54, 1.807) is 24.3 Å². The zero-order chi connectivity index (χ0) is 16.1. The first-order chi connectivity index (χ1) is 11.2. The molecule has 7 heteroatoms. The van der Waals surface area contributed by atoms with Gasteiger partial charge in [-0.1, -0.05) is 30.0 Å². The summed E-state index contributed by atoms with van der Waals surface area (Å²) in [5.41, 5.74) is 0.855. The van der Waals surface area contributed by atoms with E-state index in [1.165, 1.54) is 11.8 Å². The number of thioether (sulfide) groups is 1. The fourth-order valence-corrected chi connectivity index (χ4v) is 2.63. The molecular weight excluding hydrogens is 314 g/mol. The molecule has 0 unspecified atom stereocenters. The van der Waals surface area contributed by atoms with Gasteiger partial charge >= 0.3 is 0 Å². The number of carbonyl (C=O) groups excluding carboxylic acids is 1. The molecule has 0 spiro atoms. The van der Waals surface area contributed by atoms with E-state index >= 15 is 0 Å². The first kappa shape index (κ1) is 15.4. The second kappa shape index (κ2) is 7.15. The average Bonchev–Trinajstić information content (AvgIpc) is 3.25. The Morgan fingerprint density at radius 1 is 1.17 bits per heavy atom. The molecule has 0 aliphatic carbocycles. The van der Waals surface area contributed by atoms with E-state index in [2.05, 4.69) is 10.2 Å². The highest BCUT2D eigenvalue weighted by atomic mass is 32.2. The summed E-state index contributed by atoms with van der Waals surface area (Å²) < 4.78 is 10.8. The van der Waals surface area contributed by atoms with Crippen LogP contribution >= 0.6 is 11.8 Å². The number of rotatable bonds is 6. The quantitative estimate of drug-likeness (QED) is 0.647. The minimum Gasteiger partial charge on any atom is -0.467 e. The first-order valence-electron chi connectivity index (χ1n) is 7.00. The molecule has 3 aromatic rings. The Balaban J connectivity index is 1.54. The third kappa shape index (κ3) is 4.01. The molecule has 0 saturated heterocycles. The van der Waals surface area contributed by atoms with Crippen molar-refractivity contribution in [1.29, 1.82) is 0 Å². The van der Waals surface area contributed by atoms with Crippen LogP contribution in [0.25, 0.3) is 11.5 Å². The molecule has 23 heavy (non-hydrogen) atoms. The Hall–Kier alpha value is -2.54. The van der Waals surface area contributed by atoms with Crippen LogP contribution in [0.4, 0.5) is 0 Å². The molecule has 1 aromatic carbocycles. The molecule has 2 heterocycles. The van der Waals surface area contributed by atoms with Crippen LogP contribution in [0.5, 0.6) is 0 Å². The molecule has 1 amide bonds. The second-order valence-corrected chi connectivity index (χ2v) is 5.78. The summed E-state index contributed by atoms with van der Waals surface area (Å²) in [5.74, 6) is 1.39. The van der Waals surface area contributed by atoms with Crippen molar-refractivity contribution in [2.24, 2.45) is 0 Å². The summed E-state index contributed by atoms with van der Waals surface area (Å²) in [6.45, 7) is 0.436. The molecular formula is C16H15N3O3S. The zero-order valence-electron chi connectivity index (χ0n) is 12.5. The van der Waals surface area contributed by atoms with Crippen molar-refractivity contribution >= 4 is 17.7 Å². The van der Waals surface area contributed by atoms with E-state index in [4.69, 9.17) is 8.83 Å². The lowest BCUT2D eigenvalue weighted by Crippen LogP contribution is -2.27. The highest BCUT2D eigenvalue weighted by molar-refractivity contribution is 7.99. The van der Waals surface area contributed by atoms with Crippen molar-refractivity contribution < 1.29 is 13.6 Å². The van der Waals surface area contributed by atoms with Gasteiger partial charge in [0.2, 0.25) is 11.8 Å². The highest BCUT2D eigenvalue weighted by Gasteiger charge is 2.14. The molecule has 0 aliphatic heterocycles. The Morgan fingerprint density at radius 2 is 2.00 bits per heavy atom. The van der Waals surface area contributed by atoms with Gasteiger partial charge in [0.1, 0.15) is 5.76 Å². The smallest absolute Gasteiger partial charge is 0.277 e. The van der Waals surface area contributed by atoms with Gasteiger partial charge in [0.15, 0.2) is 0 Å². The predicted molar refractivity (Wildman–Crippen MR) is 85.6 cm³/mol. The Kier molecular flexibility index (Phi) is 4.77. The standard InChI is InChI=1S/C16H15N3O3S/c1-19(10-13-8-5-9-21-13)14(20)11-23-16-18-17-15(22-16)12-6-3-2-4-7-12/h2-9H,10-11H2,1H3. The van der Waals surface area contributed by atoms with Crippen molar-refractivity contribution in [3.05, 3.63) is 54.5 Å². The fraction of sp³-hybridized carbons (Fsp3) is 0.188. The van der Waals surface area contributed by atoms with E-state index < -0.39 is 0 Å². The van der Waals surface area contributed by atoms with Gasteiger partial charge in [-0.25, -0.2) is 0 Å². The number of carbonyl (C=O) groups is 1. The van der Waals surface area contributed by atoms with Crippen LogP contribution in [0.2, 0.25) is 0 Å². The van der Waals surface area contributed by atoms with Crippen molar-refractivity contribution in [2.75, 3.05) is 12.8 Å². The number of nitrogens with zero attached hydrogens (tertiary/aromatic N) is 3. The van der Waals surface area contributed by atoms with Crippen LogP contribution in [0.1, 0.15) is 5.76 Å².